The Bertz CT molecular complexity index is 1080. The molecule has 0 saturated heterocycles. The average molecular weight is 413 g/mol. The van der Waals surface area contributed by atoms with E-state index in [-0.39, 0.29) is 29.7 Å². The van der Waals surface area contributed by atoms with Crippen molar-refractivity contribution >= 4 is 23.8 Å². The number of rotatable bonds is 6. The van der Waals surface area contributed by atoms with E-state index in [2.05, 4.69) is 22.5 Å². The van der Waals surface area contributed by atoms with Crippen LogP contribution in [0, 0.1) is 10.7 Å². The standard InChI is InChI=1S/C21H20FN3O3S/c22-16-6-8-17(9-7-16)23-19(26)12-25-21(29)28-20(24-25)13-27-18-10-5-14-3-1-2-4-15(14)11-18/h5-11H,1-4,12-13H2,(H,23,26). The van der Waals surface area contributed by atoms with Crippen LogP contribution < -0.4 is 10.1 Å². The summed E-state index contributed by atoms with van der Waals surface area (Å²) < 4.78 is 25.4. The molecule has 1 aromatic heterocycles. The Kier molecular flexibility index (Phi) is 5.71. The summed E-state index contributed by atoms with van der Waals surface area (Å²) in [7, 11) is 0. The molecular weight excluding hydrogens is 393 g/mol. The minimum Gasteiger partial charge on any atom is -0.484 e. The van der Waals surface area contributed by atoms with Gasteiger partial charge in [0.1, 0.15) is 18.1 Å². The highest BCUT2D eigenvalue weighted by Gasteiger charge is 2.13. The average Bonchev–Trinajstić information content (AvgIpc) is 3.07. The zero-order valence-corrected chi connectivity index (χ0v) is 16.5. The number of benzene rings is 2. The van der Waals surface area contributed by atoms with Crippen LogP contribution in [0.25, 0.3) is 0 Å². The maximum atomic E-state index is 12.9. The summed E-state index contributed by atoms with van der Waals surface area (Å²) in [6, 6.07) is 11.6. The van der Waals surface area contributed by atoms with Gasteiger partial charge in [0.15, 0.2) is 6.61 Å². The topological polar surface area (TPSA) is 69.3 Å². The molecule has 4 rings (SSSR count). The lowest BCUT2D eigenvalue weighted by molar-refractivity contribution is -0.117. The molecule has 0 atom stereocenters. The zero-order valence-electron chi connectivity index (χ0n) is 15.7. The van der Waals surface area contributed by atoms with Crippen molar-refractivity contribution in [2.24, 2.45) is 0 Å². The van der Waals surface area contributed by atoms with Gasteiger partial charge in [-0.05, 0) is 85.4 Å². The molecule has 0 bridgehead atoms. The Balaban J connectivity index is 1.36. The first kappa shape index (κ1) is 19.3. The number of anilines is 1. The first-order chi connectivity index (χ1) is 14.1. The van der Waals surface area contributed by atoms with Crippen LogP contribution in [0.1, 0.15) is 29.9 Å². The predicted molar refractivity (Wildman–Crippen MR) is 108 cm³/mol. The summed E-state index contributed by atoms with van der Waals surface area (Å²) in [6.07, 6.45) is 4.63. The largest absolute Gasteiger partial charge is 0.484 e. The molecule has 6 nitrogen and oxygen atoms in total. The number of nitrogens with zero attached hydrogens (tertiary/aromatic N) is 2. The fraction of sp³-hybridized carbons (Fsp3) is 0.286. The van der Waals surface area contributed by atoms with Crippen LogP contribution in [0.4, 0.5) is 10.1 Å². The van der Waals surface area contributed by atoms with Gasteiger partial charge in [0.05, 0.1) is 0 Å². The molecule has 0 saturated carbocycles. The number of aryl methyl sites for hydroxylation is 2. The fourth-order valence-corrected chi connectivity index (χ4v) is 3.52. The lowest BCUT2D eigenvalue weighted by atomic mass is 9.92. The number of halogens is 1. The molecule has 0 spiro atoms. The van der Waals surface area contributed by atoms with Gasteiger partial charge < -0.3 is 14.5 Å². The van der Waals surface area contributed by atoms with Crippen LogP contribution in [-0.4, -0.2) is 15.7 Å². The molecule has 1 heterocycles. The van der Waals surface area contributed by atoms with E-state index in [0.29, 0.717) is 11.6 Å². The summed E-state index contributed by atoms with van der Waals surface area (Å²) >= 11 is 5.13. The summed E-state index contributed by atoms with van der Waals surface area (Å²) in [5.41, 5.74) is 3.21. The Morgan fingerprint density at radius 1 is 1.17 bits per heavy atom. The number of ether oxygens (including phenoxy) is 1. The Hall–Kier alpha value is -3.00. The van der Waals surface area contributed by atoms with Crippen molar-refractivity contribution < 1.29 is 18.3 Å². The quantitative estimate of drug-likeness (QED) is 0.605. The van der Waals surface area contributed by atoms with E-state index in [0.717, 1.165) is 18.6 Å². The fourth-order valence-electron chi connectivity index (χ4n) is 3.32. The van der Waals surface area contributed by atoms with Gasteiger partial charge in [-0.1, -0.05) is 6.07 Å². The van der Waals surface area contributed by atoms with Crippen LogP contribution >= 0.6 is 12.2 Å². The number of carbonyl (C=O) groups is 1. The number of amides is 1. The monoisotopic (exact) mass is 413 g/mol. The Labute approximate surface area is 172 Å². The molecule has 1 aliphatic carbocycles. The van der Waals surface area contributed by atoms with E-state index < -0.39 is 0 Å². The molecule has 2 aromatic carbocycles. The van der Waals surface area contributed by atoms with Gasteiger partial charge in [-0.2, -0.15) is 0 Å². The van der Waals surface area contributed by atoms with Crippen molar-refractivity contribution in [3.8, 4) is 5.75 Å². The van der Waals surface area contributed by atoms with Crippen molar-refractivity contribution in [3.05, 3.63) is 70.1 Å². The third kappa shape index (κ3) is 4.89. The first-order valence-corrected chi connectivity index (χ1v) is 9.84. The third-order valence-corrected chi connectivity index (χ3v) is 5.05. The van der Waals surface area contributed by atoms with Gasteiger partial charge in [-0.3, -0.25) is 4.79 Å². The van der Waals surface area contributed by atoms with Gasteiger partial charge in [0.2, 0.25) is 5.91 Å². The highest BCUT2D eigenvalue weighted by atomic mass is 32.1. The second kappa shape index (κ2) is 8.57. The number of nitrogens with one attached hydrogen (secondary N) is 1. The van der Waals surface area contributed by atoms with E-state index in [1.807, 2.05) is 6.07 Å². The summed E-state index contributed by atoms with van der Waals surface area (Å²) in [5.74, 6) is 0.339. The molecule has 3 aromatic rings. The third-order valence-electron chi connectivity index (χ3n) is 4.75. The van der Waals surface area contributed by atoms with Crippen molar-refractivity contribution in [1.29, 1.82) is 0 Å². The normalized spacial score (nSPS) is 13.0. The van der Waals surface area contributed by atoms with E-state index in [9.17, 15) is 9.18 Å². The first-order valence-electron chi connectivity index (χ1n) is 9.44. The van der Waals surface area contributed by atoms with Gasteiger partial charge in [-0.15, -0.1) is 5.10 Å². The lowest BCUT2D eigenvalue weighted by Crippen LogP contribution is -2.19. The van der Waals surface area contributed by atoms with E-state index in [1.54, 1.807) is 0 Å². The van der Waals surface area contributed by atoms with Crippen LogP contribution in [0.15, 0.2) is 46.9 Å². The van der Waals surface area contributed by atoms with Crippen LogP contribution in [0.2, 0.25) is 0 Å². The molecule has 29 heavy (non-hydrogen) atoms. The highest BCUT2D eigenvalue weighted by molar-refractivity contribution is 7.71. The van der Waals surface area contributed by atoms with Crippen LogP contribution in [-0.2, 0) is 30.8 Å². The maximum absolute atomic E-state index is 12.9. The van der Waals surface area contributed by atoms with Crippen molar-refractivity contribution in [2.75, 3.05) is 5.32 Å². The smallest absolute Gasteiger partial charge is 0.287 e. The molecule has 1 N–H and O–H groups in total. The number of aromatic nitrogens is 2. The summed E-state index contributed by atoms with van der Waals surface area (Å²) in [4.78, 5) is 12.2. The molecule has 0 aliphatic heterocycles. The SMILES string of the molecule is O=C(Cn1nc(COc2ccc3c(c2)CCCC3)oc1=S)Nc1ccc(F)cc1. The van der Waals surface area contributed by atoms with E-state index in [1.165, 1.54) is 52.9 Å². The molecule has 0 fully saturated rings. The number of fused-ring (bicyclic) bond motifs is 1. The second-order valence-corrected chi connectivity index (χ2v) is 7.25. The molecule has 0 radical (unpaired) electrons. The van der Waals surface area contributed by atoms with Crippen LogP contribution in [0.5, 0.6) is 5.75 Å². The number of hydrogen-bond acceptors (Lipinski definition) is 5. The zero-order chi connectivity index (χ0) is 20.2. The Morgan fingerprint density at radius 2 is 1.93 bits per heavy atom. The molecule has 1 aliphatic rings. The Morgan fingerprint density at radius 3 is 2.72 bits per heavy atom. The van der Waals surface area contributed by atoms with Gasteiger partial charge >= 0.3 is 0 Å². The highest BCUT2D eigenvalue weighted by Crippen LogP contribution is 2.25. The van der Waals surface area contributed by atoms with Gasteiger partial charge in [0.25, 0.3) is 10.7 Å². The number of carbonyl (C=O) groups excluding carboxylic acids is 1. The van der Waals surface area contributed by atoms with Crippen molar-refractivity contribution in [3.63, 3.8) is 0 Å². The molecule has 0 unspecified atom stereocenters. The number of hydrogen-bond donors (Lipinski definition) is 1. The van der Waals surface area contributed by atoms with Gasteiger partial charge in [-0.25, -0.2) is 9.07 Å². The van der Waals surface area contributed by atoms with Crippen molar-refractivity contribution in [1.82, 2.24) is 9.78 Å². The molecule has 8 heteroatoms. The van der Waals surface area contributed by atoms with Crippen LogP contribution in [0.3, 0.4) is 0 Å². The second-order valence-electron chi connectivity index (χ2n) is 6.90. The maximum Gasteiger partial charge on any atom is 0.287 e. The predicted octanol–water partition coefficient (Wildman–Crippen LogP) is 4.44. The van der Waals surface area contributed by atoms with Gasteiger partial charge in [0, 0.05) is 5.69 Å². The summed E-state index contributed by atoms with van der Waals surface area (Å²) in [5, 5.41) is 6.86. The minimum atomic E-state index is -0.370. The molecule has 1 amide bonds. The molecule has 150 valence electrons. The minimum absolute atomic E-state index is 0.0864. The summed E-state index contributed by atoms with van der Waals surface area (Å²) in [6.45, 7) is 0.00750. The van der Waals surface area contributed by atoms with Crippen molar-refractivity contribution in [2.45, 2.75) is 38.8 Å². The van der Waals surface area contributed by atoms with E-state index in [4.69, 9.17) is 21.4 Å². The molecular formula is C21H20FN3O3S. The van der Waals surface area contributed by atoms with E-state index >= 15 is 0 Å². The lowest BCUT2D eigenvalue weighted by Gasteiger charge is -2.16.